The van der Waals surface area contributed by atoms with Crippen LogP contribution in [0.3, 0.4) is 0 Å². The zero-order valence-electron chi connectivity index (χ0n) is 21.1. The predicted molar refractivity (Wildman–Crippen MR) is 145 cm³/mol. The van der Waals surface area contributed by atoms with Gasteiger partial charge in [0.05, 0.1) is 50.8 Å². The lowest BCUT2D eigenvalue weighted by molar-refractivity contribution is -0.111. The minimum atomic E-state index is -3.98. The van der Waals surface area contributed by atoms with E-state index >= 15 is 0 Å². The highest BCUT2D eigenvalue weighted by atomic mass is 32.2. The molecule has 0 saturated heterocycles. The van der Waals surface area contributed by atoms with Crippen LogP contribution in [0.4, 0.5) is 15.8 Å². The first-order valence-corrected chi connectivity index (χ1v) is 12.7. The molecule has 0 radical (unpaired) electrons. The van der Waals surface area contributed by atoms with Gasteiger partial charge in [0, 0.05) is 18.2 Å². The summed E-state index contributed by atoms with van der Waals surface area (Å²) < 4.78 is 62.3. The van der Waals surface area contributed by atoms with Crippen LogP contribution in [0.2, 0.25) is 0 Å². The van der Waals surface area contributed by atoms with Crippen molar-refractivity contribution >= 4 is 39.5 Å². The second-order valence-electron chi connectivity index (χ2n) is 7.68. The van der Waals surface area contributed by atoms with Gasteiger partial charge in [0.15, 0.2) is 0 Å². The molecule has 0 aliphatic heterocycles. The van der Waals surface area contributed by atoms with E-state index in [2.05, 4.69) is 10.0 Å². The fourth-order valence-electron chi connectivity index (χ4n) is 3.34. The third kappa shape index (κ3) is 7.50. The monoisotopic (exact) mass is 542 g/mol. The summed E-state index contributed by atoms with van der Waals surface area (Å²) in [5, 5.41) is 3.61. The van der Waals surface area contributed by atoms with Crippen LogP contribution < -0.4 is 29.0 Å². The number of hydrogen-bond acceptors (Lipinski definition) is 7. The number of halogens is 1. The summed E-state index contributed by atoms with van der Waals surface area (Å²) in [5.41, 5.74) is 1.45. The van der Waals surface area contributed by atoms with Crippen LogP contribution in [0.15, 0.2) is 66.1 Å². The fourth-order valence-corrected chi connectivity index (χ4v) is 4.18. The summed E-state index contributed by atoms with van der Waals surface area (Å²) in [6.07, 6.45) is 4.12. The van der Waals surface area contributed by atoms with Crippen molar-refractivity contribution in [1.29, 1.82) is 0 Å². The molecule has 3 aromatic carbocycles. The molecule has 11 heteroatoms. The zero-order chi connectivity index (χ0) is 27.7. The lowest BCUT2D eigenvalue weighted by Gasteiger charge is -2.13. The molecule has 9 nitrogen and oxygen atoms in total. The van der Waals surface area contributed by atoms with Gasteiger partial charge in [-0.05, 0) is 48.0 Å². The summed E-state index contributed by atoms with van der Waals surface area (Å²) in [6, 6.07) is 13.2. The van der Waals surface area contributed by atoms with Crippen LogP contribution in [0.5, 0.6) is 23.0 Å². The van der Waals surface area contributed by atoms with E-state index in [1.807, 2.05) is 0 Å². The summed E-state index contributed by atoms with van der Waals surface area (Å²) in [6.45, 7) is 0. The van der Waals surface area contributed by atoms with Crippen LogP contribution >= 0.6 is 0 Å². The van der Waals surface area contributed by atoms with Crippen LogP contribution in [0.25, 0.3) is 12.2 Å². The molecule has 0 saturated carbocycles. The highest BCUT2D eigenvalue weighted by Crippen LogP contribution is 2.35. The van der Waals surface area contributed by atoms with E-state index in [-0.39, 0.29) is 17.2 Å². The molecule has 0 heterocycles. The third-order valence-corrected chi connectivity index (χ3v) is 6.20. The molecule has 0 fully saturated rings. The number of sulfonamides is 1. The van der Waals surface area contributed by atoms with E-state index < -0.39 is 15.9 Å². The van der Waals surface area contributed by atoms with Gasteiger partial charge in [-0.2, -0.15) is 0 Å². The first kappa shape index (κ1) is 28.1. The minimum Gasteiger partial charge on any atom is -0.496 e. The van der Waals surface area contributed by atoms with E-state index in [1.54, 1.807) is 12.1 Å². The molecule has 0 atom stereocenters. The standard InChI is InChI=1S/C27H27FN2O7S/c1-34-21-16-25(36-3)22(26(17-21)37-4)13-14-38(32,33)30-20-10-11-24(35-2)23(15-20)29-27(31)12-7-18-5-8-19(28)9-6-18/h5-17,30H,1-4H3,(H,29,31). The molecule has 38 heavy (non-hydrogen) atoms. The Kier molecular flexibility index (Phi) is 9.33. The summed E-state index contributed by atoms with van der Waals surface area (Å²) in [4.78, 5) is 12.4. The highest BCUT2D eigenvalue weighted by molar-refractivity contribution is 7.95. The normalized spacial score (nSPS) is 11.4. The molecule has 3 aromatic rings. The number of methoxy groups -OCH3 is 4. The fraction of sp³-hybridized carbons (Fsp3) is 0.148. The predicted octanol–water partition coefficient (Wildman–Crippen LogP) is 4.92. The Morgan fingerprint density at radius 1 is 0.816 bits per heavy atom. The maximum atomic E-state index is 13.1. The first-order chi connectivity index (χ1) is 18.2. The van der Waals surface area contributed by atoms with Crippen molar-refractivity contribution in [2.75, 3.05) is 38.5 Å². The average Bonchev–Trinajstić information content (AvgIpc) is 2.91. The number of amides is 1. The van der Waals surface area contributed by atoms with Crippen molar-refractivity contribution in [3.63, 3.8) is 0 Å². The first-order valence-electron chi connectivity index (χ1n) is 11.1. The number of benzene rings is 3. The molecule has 200 valence electrons. The van der Waals surface area contributed by atoms with Gasteiger partial charge in [-0.3, -0.25) is 9.52 Å². The molecule has 0 bridgehead atoms. The summed E-state index contributed by atoms with van der Waals surface area (Å²) >= 11 is 0. The van der Waals surface area contributed by atoms with E-state index in [4.69, 9.17) is 18.9 Å². The maximum absolute atomic E-state index is 13.1. The number of carbonyl (C=O) groups is 1. The molecule has 0 spiro atoms. The van der Waals surface area contributed by atoms with Crippen LogP contribution in [0, 0.1) is 5.82 Å². The van der Waals surface area contributed by atoms with Gasteiger partial charge in [-0.25, -0.2) is 12.8 Å². The average molecular weight is 543 g/mol. The third-order valence-electron chi connectivity index (χ3n) is 5.18. The van der Waals surface area contributed by atoms with Crippen molar-refractivity contribution in [3.05, 3.63) is 83.0 Å². The molecule has 1 amide bonds. The Morgan fingerprint density at radius 3 is 2.03 bits per heavy atom. The van der Waals surface area contributed by atoms with Crippen molar-refractivity contribution in [3.8, 4) is 23.0 Å². The van der Waals surface area contributed by atoms with Gasteiger partial charge in [0.25, 0.3) is 10.0 Å². The number of anilines is 2. The Bertz CT molecular complexity index is 1430. The summed E-state index contributed by atoms with van der Waals surface area (Å²) in [7, 11) is 1.82. The molecule has 0 aromatic heterocycles. The van der Waals surface area contributed by atoms with E-state index in [0.29, 0.717) is 34.1 Å². The van der Waals surface area contributed by atoms with Crippen molar-refractivity contribution in [2.45, 2.75) is 0 Å². The number of hydrogen-bond donors (Lipinski definition) is 2. The Balaban J connectivity index is 1.79. The topological polar surface area (TPSA) is 112 Å². The van der Waals surface area contributed by atoms with E-state index in [0.717, 1.165) is 5.41 Å². The van der Waals surface area contributed by atoms with Gasteiger partial charge in [0.2, 0.25) is 5.91 Å². The largest absolute Gasteiger partial charge is 0.496 e. The van der Waals surface area contributed by atoms with Gasteiger partial charge < -0.3 is 24.3 Å². The SMILES string of the molecule is COc1cc(OC)c(C=CS(=O)(=O)Nc2ccc(OC)c(NC(=O)C=Cc3ccc(F)cc3)c2)c(OC)c1. The Labute approximate surface area is 220 Å². The second kappa shape index (κ2) is 12.6. The van der Waals surface area contributed by atoms with Gasteiger partial charge in [-0.15, -0.1) is 0 Å². The van der Waals surface area contributed by atoms with Gasteiger partial charge >= 0.3 is 0 Å². The number of ether oxygens (including phenoxy) is 4. The summed E-state index contributed by atoms with van der Waals surface area (Å²) in [5.74, 6) is 0.641. The molecule has 3 rings (SSSR count). The number of nitrogens with one attached hydrogen (secondary N) is 2. The lowest BCUT2D eigenvalue weighted by Crippen LogP contribution is -2.12. The Hall–Kier alpha value is -4.51. The molecule has 0 unspecified atom stereocenters. The number of carbonyl (C=O) groups excluding carboxylic acids is 1. The van der Waals surface area contributed by atoms with Crippen LogP contribution in [-0.4, -0.2) is 42.8 Å². The van der Waals surface area contributed by atoms with Crippen LogP contribution in [-0.2, 0) is 14.8 Å². The smallest absolute Gasteiger partial charge is 0.255 e. The zero-order valence-corrected chi connectivity index (χ0v) is 22.0. The van der Waals surface area contributed by atoms with E-state index in [1.165, 1.54) is 89.1 Å². The van der Waals surface area contributed by atoms with Crippen molar-refractivity contribution in [2.24, 2.45) is 0 Å². The maximum Gasteiger partial charge on any atom is 0.255 e. The van der Waals surface area contributed by atoms with Crippen molar-refractivity contribution < 1.29 is 36.6 Å². The van der Waals surface area contributed by atoms with E-state index in [9.17, 15) is 17.6 Å². The quantitative estimate of drug-likeness (QED) is 0.331. The molecular weight excluding hydrogens is 515 g/mol. The molecule has 0 aliphatic carbocycles. The van der Waals surface area contributed by atoms with Crippen molar-refractivity contribution in [1.82, 2.24) is 0 Å². The van der Waals surface area contributed by atoms with Gasteiger partial charge in [0.1, 0.15) is 28.8 Å². The lowest BCUT2D eigenvalue weighted by atomic mass is 10.1. The molecule has 2 N–H and O–H groups in total. The number of rotatable bonds is 11. The second-order valence-corrected chi connectivity index (χ2v) is 9.25. The van der Waals surface area contributed by atoms with Crippen LogP contribution in [0.1, 0.15) is 11.1 Å². The van der Waals surface area contributed by atoms with Gasteiger partial charge in [-0.1, -0.05) is 12.1 Å². The minimum absolute atomic E-state index is 0.182. The molecular formula is C27H27FN2O7S. The Morgan fingerprint density at radius 2 is 1.45 bits per heavy atom. The molecule has 0 aliphatic rings. The highest BCUT2D eigenvalue weighted by Gasteiger charge is 2.14.